The molecule has 0 bridgehead atoms. The molecule has 0 aliphatic carbocycles. The minimum absolute atomic E-state index is 0.282. The maximum atomic E-state index is 8.71. The van der Waals surface area contributed by atoms with E-state index in [-0.39, 0.29) is 18.3 Å². The Labute approximate surface area is 108 Å². The number of nitrogens with zero attached hydrogens (tertiary/aromatic N) is 2. The van der Waals surface area contributed by atoms with Gasteiger partial charge in [0, 0.05) is 18.2 Å². The average Bonchev–Trinajstić information content (AvgIpc) is 2.48. The second-order valence-electron chi connectivity index (χ2n) is 5.54. The minimum Gasteiger partial charge on any atom is -0.403 e. The van der Waals surface area contributed by atoms with Crippen LogP contribution in [-0.4, -0.2) is 23.3 Å². The van der Waals surface area contributed by atoms with Crippen LogP contribution in [0.25, 0.3) is 0 Å². The first-order valence-corrected chi connectivity index (χ1v) is 6.05. The van der Waals surface area contributed by atoms with Crippen molar-refractivity contribution in [2.75, 3.05) is 0 Å². The first-order chi connectivity index (χ1) is 8.34. The summed E-state index contributed by atoms with van der Waals surface area (Å²) in [6, 6.07) is 5.64. The second kappa shape index (κ2) is 4.38. The van der Waals surface area contributed by atoms with Gasteiger partial charge in [0.1, 0.15) is 6.07 Å². The lowest BCUT2D eigenvalue weighted by Gasteiger charge is -2.32. The van der Waals surface area contributed by atoms with Crippen LogP contribution < -0.4 is 0 Å². The van der Waals surface area contributed by atoms with Crippen molar-refractivity contribution < 1.29 is 9.31 Å². The Morgan fingerprint density at radius 1 is 1.22 bits per heavy atom. The summed E-state index contributed by atoms with van der Waals surface area (Å²) >= 11 is 0. The zero-order valence-electron chi connectivity index (χ0n) is 11.2. The molecule has 1 fully saturated rings. The SMILES string of the molecule is CC1(C)OB(Cc2ccc(C#N)cn2)OC1(C)C. The second-order valence-corrected chi connectivity index (χ2v) is 5.54. The molecule has 2 rings (SSSR count). The van der Waals surface area contributed by atoms with E-state index in [1.807, 2.05) is 39.8 Å². The van der Waals surface area contributed by atoms with Crippen molar-refractivity contribution in [2.45, 2.75) is 45.2 Å². The average molecular weight is 244 g/mol. The molecule has 1 aliphatic rings. The Kier molecular flexibility index (Phi) is 3.18. The molecule has 0 radical (unpaired) electrons. The Hall–Kier alpha value is -1.38. The van der Waals surface area contributed by atoms with Crippen LogP contribution in [0.4, 0.5) is 0 Å². The fourth-order valence-electron chi connectivity index (χ4n) is 1.83. The lowest BCUT2D eigenvalue weighted by Crippen LogP contribution is -2.41. The van der Waals surface area contributed by atoms with Crippen molar-refractivity contribution in [1.82, 2.24) is 4.98 Å². The molecular weight excluding hydrogens is 227 g/mol. The highest BCUT2D eigenvalue weighted by Crippen LogP contribution is 2.37. The lowest BCUT2D eigenvalue weighted by atomic mass is 9.83. The Bertz CT molecular complexity index is 461. The van der Waals surface area contributed by atoms with E-state index in [1.165, 1.54) is 0 Å². The quantitative estimate of drug-likeness (QED) is 0.747. The highest BCUT2D eigenvalue weighted by Gasteiger charge is 2.50. The van der Waals surface area contributed by atoms with Gasteiger partial charge in [-0.05, 0) is 39.8 Å². The van der Waals surface area contributed by atoms with Crippen LogP contribution in [-0.2, 0) is 15.6 Å². The molecule has 0 amide bonds. The minimum atomic E-state index is -0.315. The fourth-order valence-corrected chi connectivity index (χ4v) is 1.83. The van der Waals surface area contributed by atoms with Gasteiger partial charge >= 0.3 is 7.12 Å². The van der Waals surface area contributed by atoms with Crippen LogP contribution in [0.2, 0.25) is 0 Å². The molecule has 0 saturated carbocycles. The third-order valence-electron chi connectivity index (χ3n) is 3.63. The molecule has 1 aromatic heterocycles. The summed E-state index contributed by atoms with van der Waals surface area (Å²) in [4.78, 5) is 4.23. The predicted molar refractivity (Wildman–Crippen MR) is 68.7 cm³/mol. The van der Waals surface area contributed by atoms with E-state index in [1.54, 1.807) is 12.3 Å². The van der Waals surface area contributed by atoms with E-state index in [9.17, 15) is 0 Å². The van der Waals surface area contributed by atoms with Gasteiger partial charge < -0.3 is 9.31 Å². The monoisotopic (exact) mass is 244 g/mol. The van der Waals surface area contributed by atoms with E-state index in [0.717, 1.165) is 5.69 Å². The highest BCUT2D eigenvalue weighted by molar-refractivity contribution is 6.44. The molecule has 5 heteroatoms. The lowest BCUT2D eigenvalue weighted by molar-refractivity contribution is 0.00578. The molecule has 2 heterocycles. The van der Waals surface area contributed by atoms with Gasteiger partial charge in [-0.2, -0.15) is 5.26 Å². The smallest absolute Gasteiger partial charge is 0.403 e. The van der Waals surface area contributed by atoms with Crippen LogP contribution in [0.1, 0.15) is 39.0 Å². The summed E-state index contributed by atoms with van der Waals surface area (Å²) in [6.45, 7) is 8.11. The first-order valence-electron chi connectivity index (χ1n) is 6.05. The van der Waals surface area contributed by atoms with Gasteiger partial charge in [-0.3, -0.25) is 4.98 Å². The van der Waals surface area contributed by atoms with E-state index < -0.39 is 0 Å². The molecule has 1 saturated heterocycles. The van der Waals surface area contributed by atoms with Gasteiger partial charge in [0.25, 0.3) is 0 Å². The summed E-state index contributed by atoms with van der Waals surface area (Å²) in [5.41, 5.74) is 0.800. The van der Waals surface area contributed by atoms with Gasteiger partial charge in [0.15, 0.2) is 0 Å². The van der Waals surface area contributed by atoms with E-state index in [4.69, 9.17) is 14.6 Å². The molecule has 0 spiro atoms. The summed E-state index contributed by atoms with van der Waals surface area (Å²) in [7, 11) is -0.282. The molecular formula is C13H17BN2O2. The molecule has 0 N–H and O–H groups in total. The molecule has 1 aliphatic heterocycles. The summed E-state index contributed by atoms with van der Waals surface area (Å²) in [5, 5.41) is 8.71. The normalized spacial score (nSPS) is 20.7. The van der Waals surface area contributed by atoms with Crippen LogP contribution in [0, 0.1) is 11.3 Å². The van der Waals surface area contributed by atoms with Crippen LogP contribution in [0.3, 0.4) is 0 Å². The van der Waals surface area contributed by atoms with Gasteiger partial charge in [0.2, 0.25) is 0 Å². The number of pyridine rings is 1. The molecule has 94 valence electrons. The predicted octanol–water partition coefficient (Wildman–Crippen LogP) is 2.13. The molecule has 4 nitrogen and oxygen atoms in total. The van der Waals surface area contributed by atoms with Crippen molar-refractivity contribution in [3.63, 3.8) is 0 Å². The number of rotatable bonds is 2. The zero-order chi connectivity index (χ0) is 13.4. The van der Waals surface area contributed by atoms with E-state index in [2.05, 4.69) is 4.98 Å². The zero-order valence-corrected chi connectivity index (χ0v) is 11.2. The van der Waals surface area contributed by atoms with Crippen LogP contribution >= 0.6 is 0 Å². The van der Waals surface area contributed by atoms with Gasteiger partial charge in [0.05, 0.1) is 16.8 Å². The van der Waals surface area contributed by atoms with Crippen molar-refractivity contribution in [2.24, 2.45) is 0 Å². The largest absolute Gasteiger partial charge is 0.464 e. The number of hydrogen-bond donors (Lipinski definition) is 0. The van der Waals surface area contributed by atoms with Gasteiger partial charge in [-0.15, -0.1) is 0 Å². The van der Waals surface area contributed by atoms with Crippen LogP contribution in [0.15, 0.2) is 18.3 Å². The van der Waals surface area contributed by atoms with Gasteiger partial charge in [-0.25, -0.2) is 0 Å². The maximum absolute atomic E-state index is 8.71. The number of hydrogen-bond acceptors (Lipinski definition) is 4. The summed E-state index contributed by atoms with van der Waals surface area (Å²) < 4.78 is 11.8. The summed E-state index contributed by atoms with van der Waals surface area (Å²) in [6.07, 6.45) is 2.17. The van der Waals surface area contributed by atoms with Crippen molar-refractivity contribution >= 4 is 7.12 Å². The molecule has 0 atom stereocenters. The summed E-state index contributed by atoms with van der Waals surface area (Å²) in [5.74, 6) is 0. The van der Waals surface area contributed by atoms with Crippen LogP contribution in [0.5, 0.6) is 0 Å². The third kappa shape index (κ3) is 2.40. The first kappa shape index (κ1) is 13.1. The Balaban J connectivity index is 2.06. The van der Waals surface area contributed by atoms with E-state index in [0.29, 0.717) is 11.9 Å². The molecule has 0 aromatic carbocycles. The highest BCUT2D eigenvalue weighted by atomic mass is 16.7. The topological polar surface area (TPSA) is 55.1 Å². The standard InChI is InChI=1S/C13H17BN2O2/c1-12(2)13(3,4)18-14(17-12)7-11-6-5-10(8-15)9-16-11/h5-6,9H,7H2,1-4H3. The van der Waals surface area contributed by atoms with Crippen molar-refractivity contribution in [1.29, 1.82) is 5.26 Å². The van der Waals surface area contributed by atoms with E-state index >= 15 is 0 Å². The molecule has 18 heavy (non-hydrogen) atoms. The fraction of sp³-hybridized carbons (Fsp3) is 0.538. The number of aromatic nitrogens is 1. The Morgan fingerprint density at radius 3 is 2.28 bits per heavy atom. The molecule has 1 aromatic rings. The Morgan fingerprint density at radius 2 is 1.83 bits per heavy atom. The van der Waals surface area contributed by atoms with Gasteiger partial charge in [-0.1, -0.05) is 0 Å². The van der Waals surface area contributed by atoms with Crippen molar-refractivity contribution in [3.05, 3.63) is 29.6 Å². The molecule has 0 unspecified atom stereocenters. The maximum Gasteiger partial charge on any atom is 0.464 e. The number of nitriles is 1. The third-order valence-corrected chi connectivity index (χ3v) is 3.63. The van der Waals surface area contributed by atoms with Crippen molar-refractivity contribution in [3.8, 4) is 6.07 Å².